The number of aromatic amines is 1. The van der Waals surface area contributed by atoms with Crippen molar-refractivity contribution < 1.29 is 61.4 Å². The van der Waals surface area contributed by atoms with Crippen LogP contribution in [0.25, 0.3) is 0 Å². The number of aliphatic hydroxyl groups excluding tert-OH is 2. The summed E-state index contributed by atoms with van der Waals surface area (Å²) in [7, 11) is -15.2. The third kappa shape index (κ3) is 7.99. The zero-order valence-corrected chi connectivity index (χ0v) is 19.3. The number of nitrogens with one attached hydrogen (secondary N) is 2. The normalized spacial score (nSPS) is 27.2. The molecule has 0 aromatic carbocycles. The van der Waals surface area contributed by atoms with Crippen LogP contribution in [0.3, 0.4) is 0 Å². The Hall–Kier alpha value is -1.07. The molecule has 0 amide bonds. The van der Waals surface area contributed by atoms with Crippen molar-refractivity contribution in [3.05, 3.63) is 32.6 Å². The Balaban J connectivity index is 2.13. The summed E-state index contributed by atoms with van der Waals surface area (Å²) in [6.07, 6.45) is -5.52. The van der Waals surface area contributed by atoms with Crippen LogP contribution in [0.5, 0.6) is 0 Å². The molecule has 0 bridgehead atoms. The summed E-state index contributed by atoms with van der Waals surface area (Å²) in [6.45, 7) is -0.555. The van der Waals surface area contributed by atoms with Gasteiger partial charge in [-0.2, -0.15) is 8.62 Å². The molecule has 18 nitrogen and oxygen atoms in total. The standard InChI is InChI=1S/C12H22N3O15P3/c1-13-2-3-15-4-6(11(18)14-12(15)19)10-9(17)8(16)7(28-10)5-27-32(23,24)30-33(25,26)29-31(20,21)22/h4,7-10,13,16-17H,2-3,5H2,1H3,(H,23,24)(H,25,26)(H,14,18,19)(H2,20,21,22)/t7-,8?,9?,10+/m1/s1. The average Bonchev–Trinajstić information content (AvgIpc) is 2.91. The number of ether oxygens (including phenoxy) is 1. The van der Waals surface area contributed by atoms with Gasteiger partial charge in [0.2, 0.25) is 0 Å². The first-order chi connectivity index (χ1) is 15.1. The fraction of sp³-hybridized carbons (Fsp3) is 0.667. The Morgan fingerprint density at radius 3 is 2.30 bits per heavy atom. The number of phosphoric ester groups is 1. The summed E-state index contributed by atoms with van der Waals surface area (Å²) in [6, 6.07) is 0. The molecule has 4 unspecified atom stereocenters. The predicted octanol–water partition coefficient (Wildman–Crippen LogP) is -2.74. The van der Waals surface area contributed by atoms with E-state index >= 15 is 0 Å². The van der Waals surface area contributed by atoms with E-state index in [2.05, 4.69) is 18.5 Å². The minimum Gasteiger partial charge on any atom is -0.387 e. The number of hydrogen-bond donors (Lipinski definition) is 8. The number of rotatable bonds is 11. The fourth-order valence-corrected chi connectivity index (χ4v) is 5.77. The molecule has 2 rings (SSSR count). The lowest BCUT2D eigenvalue weighted by Crippen LogP contribution is -2.37. The first-order valence-electron chi connectivity index (χ1n) is 8.83. The molecule has 190 valence electrons. The van der Waals surface area contributed by atoms with Gasteiger partial charge in [0.1, 0.15) is 24.4 Å². The van der Waals surface area contributed by atoms with E-state index in [0.29, 0.717) is 6.54 Å². The smallest absolute Gasteiger partial charge is 0.387 e. The van der Waals surface area contributed by atoms with Crippen LogP contribution in [-0.2, 0) is 38.1 Å². The lowest BCUT2D eigenvalue weighted by Gasteiger charge is -2.19. The Bertz CT molecular complexity index is 1100. The Kier molecular flexibility index (Phi) is 9.12. The van der Waals surface area contributed by atoms with Crippen LogP contribution in [0.4, 0.5) is 0 Å². The molecule has 1 aromatic rings. The highest BCUT2D eigenvalue weighted by Gasteiger charge is 2.47. The first kappa shape index (κ1) is 28.2. The Morgan fingerprint density at radius 2 is 1.73 bits per heavy atom. The molecule has 0 spiro atoms. The maximum Gasteiger partial charge on any atom is 0.490 e. The van der Waals surface area contributed by atoms with Gasteiger partial charge in [-0.3, -0.25) is 18.9 Å². The van der Waals surface area contributed by atoms with E-state index in [0.717, 1.165) is 10.8 Å². The number of aliphatic hydroxyl groups is 2. The molecule has 1 aromatic heterocycles. The average molecular weight is 541 g/mol. The van der Waals surface area contributed by atoms with Crippen molar-refractivity contribution in [2.24, 2.45) is 0 Å². The van der Waals surface area contributed by atoms with Gasteiger partial charge in [0.15, 0.2) is 0 Å². The van der Waals surface area contributed by atoms with Gasteiger partial charge < -0.3 is 39.8 Å². The van der Waals surface area contributed by atoms with Crippen molar-refractivity contribution in [2.75, 3.05) is 20.2 Å². The summed E-state index contributed by atoms with van der Waals surface area (Å²) in [5.41, 5.74) is -1.92. The minimum atomic E-state index is -5.75. The summed E-state index contributed by atoms with van der Waals surface area (Å²) >= 11 is 0. The van der Waals surface area contributed by atoms with Gasteiger partial charge in [-0.05, 0) is 7.05 Å². The number of likely N-dealkylation sites (N-methyl/N-ethyl adjacent to an activating group) is 1. The molecule has 0 aliphatic carbocycles. The van der Waals surface area contributed by atoms with Gasteiger partial charge in [0, 0.05) is 19.3 Å². The number of aromatic nitrogens is 2. The minimum absolute atomic E-state index is 0.139. The molecule has 1 aliphatic rings. The maximum atomic E-state index is 12.2. The molecule has 8 N–H and O–H groups in total. The SMILES string of the molecule is CNCCn1cc([C@@H]2O[C@H](COP(=O)(O)OP(=O)(O)OP(=O)(O)O)C(O)C2O)c(=O)[nH]c1=O. The Labute approximate surface area is 184 Å². The van der Waals surface area contributed by atoms with Crippen LogP contribution < -0.4 is 16.6 Å². The third-order valence-corrected chi connectivity index (χ3v) is 7.93. The lowest BCUT2D eigenvalue weighted by atomic mass is 10.0. The van der Waals surface area contributed by atoms with E-state index < -0.39 is 65.7 Å². The highest BCUT2D eigenvalue weighted by molar-refractivity contribution is 7.66. The summed E-state index contributed by atoms with van der Waals surface area (Å²) < 4.78 is 51.6. The van der Waals surface area contributed by atoms with Crippen molar-refractivity contribution in [3.63, 3.8) is 0 Å². The molecule has 1 saturated heterocycles. The molecule has 1 fully saturated rings. The molecule has 33 heavy (non-hydrogen) atoms. The summed E-state index contributed by atoms with van der Waals surface area (Å²) in [4.78, 5) is 61.6. The van der Waals surface area contributed by atoms with E-state index in [-0.39, 0.29) is 12.1 Å². The molecule has 2 heterocycles. The topological polar surface area (TPSA) is 276 Å². The molecule has 6 atom stereocenters. The monoisotopic (exact) mass is 541 g/mol. The van der Waals surface area contributed by atoms with Gasteiger partial charge in [0.05, 0.1) is 12.2 Å². The van der Waals surface area contributed by atoms with Crippen molar-refractivity contribution in [1.82, 2.24) is 14.9 Å². The van der Waals surface area contributed by atoms with E-state index in [1.165, 1.54) is 0 Å². The second kappa shape index (κ2) is 10.7. The number of nitrogens with zero attached hydrogens (tertiary/aromatic N) is 1. The van der Waals surface area contributed by atoms with Gasteiger partial charge in [-0.25, -0.2) is 18.5 Å². The predicted molar refractivity (Wildman–Crippen MR) is 105 cm³/mol. The molecule has 0 radical (unpaired) electrons. The van der Waals surface area contributed by atoms with Crippen LogP contribution in [-0.4, -0.2) is 77.8 Å². The number of hydrogen-bond acceptors (Lipinski definition) is 12. The lowest BCUT2D eigenvalue weighted by molar-refractivity contribution is -0.0228. The molecule has 21 heteroatoms. The van der Waals surface area contributed by atoms with Crippen molar-refractivity contribution >= 4 is 23.5 Å². The van der Waals surface area contributed by atoms with E-state index in [9.17, 15) is 38.4 Å². The molecule has 1 aliphatic heterocycles. The fourth-order valence-electron chi connectivity index (χ4n) is 2.74. The van der Waals surface area contributed by atoms with E-state index in [1.54, 1.807) is 7.05 Å². The van der Waals surface area contributed by atoms with Crippen LogP contribution in [0, 0.1) is 0 Å². The van der Waals surface area contributed by atoms with Crippen molar-refractivity contribution in [2.45, 2.75) is 31.0 Å². The highest BCUT2D eigenvalue weighted by atomic mass is 31.3. The maximum absolute atomic E-state index is 12.2. The first-order valence-corrected chi connectivity index (χ1v) is 13.4. The zero-order valence-electron chi connectivity index (χ0n) is 16.7. The zero-order chi connectivity index (χ0) is 25.2. The van der Waals surface area contributed by atoms with Crippen molar-refractivity contribution in [1.29, 1.82) is 0 Å². The third-order valence-electron chi connectivity index (χ3n) is 4.13. The largest absolute Gasteiger partial charge is 0.490 e. The summed E-state index contributed by atoms with van der Waals surface area (Å²) in [5, 5.41) is 23.2. The van der Waals surface area contributed by atoms with Crippen LogP contribution >= 0.6 is 23.5 Å². The van der Waals surface area contributed by atoms with Crippen LogP contribution in [0.2, 0.25) is 0 Å². The quantitative estimate of drug-likeness (QED) is 0.132. The Morgan fingerprint density at radius 1 is 1.09 bits per heavy atom. The second-order valence-electron chi connectivity index (χ2n) is 6.60. The van der Waals surface area contributed by atoms with E-state index in [1.807, 2.05) is 4.98 Å². The van der Waals surface area contributed by atoms with Crippen LogP contribution in [0.1, 0.15) is 11.7 Å². The second-order valence-corrected chi connectivity index (χ2v) is 11.0. The van der Waals surface area contributed by atoms with Gasteiger partial charge >= 0.3 is 29.2 Å². The number of H-pyrrole nitrogens is 1. The molecular weight excluding hydrogens is 519 g/mol. The number of phosphoric acid groups is 3. The van der Waals surface area contributed by atoms with Crippen LogP contribution in [0.15, 0.2) is 15.8 Å². The van der Waals surface area contributed by atoms with Gasteiger partial charge in [-0.15, -0.1) is 0 Å². The highest BCUT2D eigenvalue weighted by Crippen LogP contribution is 2.66. The van der Waals surface area contributed by atoms with E-state index in [4.69, 9.17) is 19.4 Å². The molecular formula is C12H22N3O15P3. The molecule has 0 saturated carbocycles. The van der Waals surface area contributed by atoms with Gasteiger partial charge in [0.25, 0.3) is 5.56 Å². The van der Waals surface area contributed by atoms with Crippen molar-refractivity contribution in [3.8, 4) is 0 Å². The summed E-state index contributed by atoms with van der Waals surface area (Å²) in [5.74, 6) is 0. The van der Waals surface area contributed by atoms with Gasteiger partial charge in [-0.1, -0.05) is 0 Å².